The highest BCUT2D eigenvalue weighted by atomic mass is 16.5. The number of esters is 2. The highest BCUT2D eigenvalue weighted by molar-refractivity contribution is 6.11. The van der Waals surface area contributed by atoms with E-state index in [9.17, 15) is 29.4 Å². The van der Waals surface area contributed by atoms with Gasteiger partial charge in [0.2, 0.25) is 0 Å². The Labute approximate surface area is 203 Å². The van der Waals surface area contributed by atoms with Crippen LogP contribution >= 0.6 is 0 Å². The number of ketones is 2. The Bertz CT molecular complexity index is 1110. The second-order valence-electron chi connectivity index (χ2n) is 7.52. The van der Waals surface area contributed by atoms with Crippen LogP contribution in [0.1, 0.15) is 63.2 Å². The summed E-state index contributed by atoms with van der Waals surface area (Å²) in [5, 5.41) is 20.1. The second kappa shape index (κ2) is 12.3. The lowest BCUT2D eigenvalue weighted by atomic mass is 9.97. The van der Waals surface area contributed by atoms with Gasteiger partial charge in [0.25, 0.3) is 0 Å². The molecule has 0 aliphatic rings. The van der Waals surface area contributed by atoms with Gasteiger partial charge in [-0.2, -0.15) is 0 Å². The minimum Gasteiger partial charge on any atom is -0.508 e. The van der Waals surface area contributed by atoms with Crippen LogP contribution in [0.25, 0.3) is 12.2 Å². The Hall–Kier alpha value is -4.20. The Morgan fingerprint density at radius 2 is 1.09 bits per heavy atom. The lowest BCUT2D eigenvalue weighted by Crippen LogP contribution is -2.09. The van der Waals surface area contributed by atoms with Crippen LogP contribution in [0.4, 0.5) is 0 Å². The Morgan fingerprint density at radius 1 is 0.714 bits per heavy atom. The lowest BCUT2D eigenvalue weighted by Gasteiger charge is -2.11. The van der Waals surface area contributed by atoms with Gasteiger partial charge in [-0.25, -0.2) is 9.59 Å². The van der Waals surface area contributed by atoms with E-state index in [4.69, 9.17) is 9.47 Å². The number of rotatable bonds is 10. The van der Waals surface area contributed by atoms with Gasteiger partial charge in [-0.3, -0.25) is 9.59 Å². The number of ether oxygens (including phenoxy) is 2. The number of hydrogen-bond acceptors (Lipinski definition) is 8. The maximum Gasteiger partial charge on any atom is 0.338 e. The molecule has 0 bridgehead atoms. The third-order valence-corrected chi connectivity index (χ3v) is 5.37. The number of benzene rings is 2. The predicted octanol–water partition coefficient (Wildman–Crippen LogP) is 4.05. The SMILES string of the molecule is CCc1c(O)ccc(C=CC(=O)CC(=O)C=Cc2ccc(O)c(CC)c2C(=O)OC)c1C(=O)OC. The molecular formula is C27H28O8. The number of phenolic OH excluding ortho intramolecular Hbond substituents is 2. The second-order valence-corrected chi connectivity index (χ2v) is 7.52. The van der Waals surface area contributed by atoms with Crippen LogP contribution in [0.3, 0.4) is 0 Å². The molecular weight excluding hydrogens is 452 g/mol. The van der Waals surface area contributed by atoms with E-state index in [1.165, 1.54) is 62.8 Å². The molecule has 0 amide bonds. The standard InChI is InChI=1S/C27H28O8/c1-5-20-22(30)13-9-16(24(20)26(32)34-3)7-11-18(28)15-19(29)12-8-17-10-14-23(31)21(6-2)25(17)27(33)35-4/h7-14,30-31H,5-6,15H2,1-4H3. The molecule has 2 aromatic carbocycles. The summed E-state index contributed by atoms with van der Waals surface area (Å²) < 4.78 is 9.59. The van der Waals surface area contributed by atoms with Crippen molar-refractivity contribution >= 4 is 35.7 Å². The number of carbonyl (C=O) groups excluding carboxylic acids is 4. The summed E-state index contributed by atoms with van der Waals surface area (Å²) in [6.07, 6.45) is 5.46. The number of phenols is 2. The molecule has 0 aliphatic heterocycles. The molecule has 2 aromatic rings. The summed E-state index contributed by atoms with van der Waals surface area (Å²) >= 11 is 0. The summed E-state index contributed by atoms with van der Waals surface area (Å²) in [6.45, 7) is 3.54. The molecule has 2 rings (SSSR count). The summed E-state index contributed by atoms with van der Waals surface area (Å²) in [5.74, 6) is -2.41. The summed E-state index contributed by atoms with van der Waals surface area (Å²) in [5.41, 5.74) is 1.85. The molecule has 0 heterocycles. The fourth-order valence-corrected chi connectivity index (χ4v) is 3.64. The quantitative estimate of drug-likeness (QED) is 0.296. The number of carbonyl (C=O) groups is 4. The molecule has 8 heteroatoms. The summed E-state index contributed by atoms with van der Waals surface area (Å²) in [4.78, 5) is 49.1. The van der Waals surface area contributed by atoms with Crippen LogP contribution < -0.4 is 0 Å². The maximum atomic E-state index is 12.4. The van der Waals surface area contributed by atoms with Gasteiger partial charge in [0.1, 0.15) is 11.5 Å². The largest absolute Gasteiger partial charge is 0.508 e. The fourth-order valence-electron chi connectivity index (χ4n) is 3.64. The molecule has 0 aromatic heterocycles. The van der Waals surface area contributed by atoms with Crippen molar-refractivity contribution in [2.75, 3.05) is 14.2 Å². The Kier molecular flexibility index (Phi) is 9.52. The van der Waals surface area contributed by atoms with Gasteiger partial charge in [-0.15, -0.1) is 0 Å². The molecule has 0 atom stereocenters. The molecule has 0 aliphatic carbocycles. The number of aromatic hydroxyl groups is 2. The first-order valence-corrected chi connectivity index (χ1v) is 11.0. The molecule has 35 heavy (non-hydrogen) atoms. The first-order valence-electron chi connectivity index (χ1n) is 11.0. The maximum absolute atomic E-state index is 12.4. The molecule has 0 spiro atoms. The summed E-state index contributed by atoms with van der Waals surface area (Å²) in [7, 11) is 2.44. The van der Waals surface area contributed by atoms with Crippen LogP contribution in [0, 0.1) is 0 Å². The van der Waals surface area contributed by atoms with Crippen LogP contribution in [0.5, 0.6) is 11.5 Å². The van der Waals surface area contributed by atoms with Gasteiger partial charge in [-0.1, -0.05) is 38.1 Å². The van der Waals surface area contributed by atoms with E-state index in [-0.39, 0.29) is 22.6 Å². The van der Waals surface area contributed by atoms with E-state index < -0.39 is 29.9 Å². The van der Waals surface area contributed by atoms with Crippen molar-refractivity contribution in [1.29, 1.82) is 0 Å². The van der Waals surface area contributed by atoms with Crippen LogP contribution in [-0.2, 0) is 31.9 Å². The van der Waals surface area contributed by atoms with E-state index in [0.29, 0.717) is 35.1 Å². The third kappa shape index (κ3) is 6.44. The topological polar surface area (TPSA) is 127 Å². The zero-order valence-corrected chi connectivity index (χ0v) is 20.1. The van der Waals surface area contributed by atoms with Crippen LogP contribution in [0.15, 0.2) is 36.4 Å². The Morgan fingerprint density at radius 3 is 1.40 bits per heavy atom. The van der Waals surface area contributed by atoms with Gasteiger partial charge in [-0.05, 0) is 48.3 Å². The first-order chi connectivity index (χ1) is 16.7. The molecule has 184 valence electrons. The highest BCUT2D eigenvalue weighted by Crippen LogP contribution is 2.28. The van der Waals surface area contributed by atoms with Crippen LogP contribution in [-0.4, -0.2) is 47.9 Å². The van der Waals surface area contributed by atoms with Crippen LogP contribution in [0.2, 0.25) is 0 Å². The number of methoxy groups -OCH3 is 2. The lowest BCUT2D eigenvalue weighted by molar-refractivity contribution is -0.121. The third-order valence-electron chi connectivity index (χ3n) is 5.37. The van der Waals surface area contributed by atoms with Crippen molar-refractivity contribution in [2.45, 2.75) is 33.1 Å². The van der Waals surface area contributed by atoms with E-state index in [1.54, 1.807) is 13.8 Å². The first kappa shape index (κ1) is 27.0. The fraction of sp³-hybridized carbons (Fsp3) is 0.259. The molecule has 8 nitrogen and oxygen atoms in total. The minimum absolute atomic E-state index is 0.0523. The average Bonchev–Trinajstić information content (AvgIpc) is 2.85. The molecule has 0 fully saturated rings. The van der Waals surface area contributed by atoms with Crippen molar-refractivity contribution in [3.05, 3.63) is 69.8 Å². The molecule has 0 saturated heterocycles. The van der Waals surface area contributed by atoms with Gasteiger partial charge in [0.05, 0.1) is 31.8 Å². The molecule has 0 unspecified atom stereocenters. The number of hydrogen-bond donors (Lipinski definition) is 2. The van der Waals surface area contributed by atoms with Gasteiger partial charge in [0, 0.05) is 11.1 Å². The van der Waals surface area contributed by atoms with Crippen molar-refractivity contribution in [2.24, 2.45) is 0 Å². The molecule has 2 N–H and O–H groups in total. The van der Waals surface area contributed by atoms with Gasteiger partial charge >= 0.3 is 11.9 Å². The zero-order valence-electron chi connectivity index (χ0n) is 20.1. The van der Waals surface area contributed by atoms with Crippen molar-refractivity contribution < 1.29 is 38.9 Å². The normalized spacial score (nSPS) is 11.1. The monoisotopic (exact) mass is 480 g/mol. The average molecular weight is 481 g/mol. The molecule has 0 saturated carbocycles. The number of allylic oxidation sites excluding steroid dienone is 2. The predicted molar refractivity (Wildman–Crippen MR) is 130 cm³/mol. The van der Waals surface area contributed by atoms with Crippen molar-refractivity contribution in [3.63, 3.8) is 0 Å². The minimum atomic E-state index is -0.648. The highest BCUT2D eigenvalue weighted by Gasteiger charge is 2.19. The van der Waals surface area contributed by atoms with Crippen molar-refractivity contribution in [1.82, 2.24) is 0 Å². The van der Waals surface area contributed by atoms with Gasteiger partial charge in [0.15, 0.2) is 11.6 Å². The Balaban J connectivity index is 2.23. The van der Waals surface area contributed by atoms with Gasteiger partial charge < -0.3 is 19.7 Å². The van der Waals surface area contributed by atoms with E-state index in [0.717, 1.165) is 0 Å². The van der Waals surface area contributed by atoms with E-state index in [1.807, 2.05) is 0 Å². The summed E-state index contributed by atoms with van der Waals surface area (Å²) in [6, 6.07) is 5.81. The zero-order chi connectivity index (χ0) is 26.1. The smallest absolute Gasteiger partial charge is 0.338 e. The molecule has 0 radical (unpaired) electrons. The van der Waals surface area contributed by atoms with E-state index in [2.05, 4.69) is 0 Å². The van der Waals surface area contributed by atoms with Crippen molar-refractivity contribution in [3.8, 4) is 11.5 Å². The van der Waals surface area contributed by atoms with E-state index >= 15 is 0 Å².